The minimum Gasteiger partial charge on any atom is -0.343 e. The number of anilines is 2. The Labute approximate surface area is 172 Å². The number of hydrogen-bond acceptors (Lipinski definition) is 6. The molecule has 2 aromatic heterocycles. The molecule has 0 radical (unpaired) electrons. The van der Waals surface area contributed by atoms with Gasteiger partial charge in [-0.05, 0) is 37.1 Å². The first-order valence-electron chi connectivity index (χ1n) is 9.24. The molecule has 0 aliphatic carbocycles. The van der Waals surface area contributed by atoms with Gasteiger partial charge in [-0.3, -0.25) is 9.48 Å². The van der Waals surface area contributed by atoms with Crippen molar-refractivity contribution in [2.24, 2.45) is 7.05 Å². The van der Waals surface area contributed by atoms with E-state index in [-0.39, 0.29) is 5.91 Å². The van der Waals surface area contributed by atoms with Crippen LogP contribution in [0.2, 0.25) is 0 Å². The molecule has 146 valence electrons. The van der Waals surface area contributed by atoms with E-state index in [0.29, 0.717) is 16.9 Å². The van der Waals surface area contributed by atoms with Gasteiger partial charge in [0.25, 0.3) is 5.91 Å². The Hall–Kier alpha value is -3.44. The summed E-state index contributed by atoms with van der Waals surface area (Å²) in [6.07, 6.45) is 2.76. The average Bonchev–Trinajstić information content (AvgIpc) is 3.39. The highest BCUT2D eigenvalue weighted by molar-refractivity contribution is 7.13. The van der Waals surface area contributed by atoms with E-state index in [1.807, 2.05) is 24.7 Å². The summed E-state index contributed by atoms with van der Waals surface area (Å²) in [5.74, 6) is -0.333. The third-order valence-electron chi connectivity index (χ3n) is 5.03. The van der Waals surface area contributed by atoms with Gasteiger partial charge >= 0.3 is 0 Å². The molecule has 0 spiro atoms. The SMILES string of the molecule is CC1=C(c2cc(C(=O)Nc3ccccc3C#N)nn2C)CN(c2nccs2)CC1. The monoisotopic (exact) mass is 404 g/mol. The normalized spacial score (nSPS) is 14.0. The van der Waals surface area contributed by atoms with Gasteiger partial charge in [0.1, 0.15) is 6.07 Å². The molecule has 1 N–H and O–H groups in total. The Morgan fingerprint density at radius 3 is 2.93 bits per heavy atom. The second kappa shape index (κ2) is 7.89. The standard InChI is InChI=1S/C21H20N6OS/c1-14-7-9-27(21-23-8-10-29-21)13-16(14)19-11-18(25-26(19)2)20(28)24-17-6-4-3-5-15(17)12-22/h3-6,8,10-11H,7,9,13H2,1-2H3,(H,24,28). The molecule has 3 aromatic rings. The summed E-state index contributed by atoms with van der Waals surface area (Å²) in [6.45, 7) is 3.79. The van der Waals surface area contributed by atoms with Crippen LogP contribution in [0.25, 0.3) is 5.57 Å². The number of thiazole rings is 1. The van der Waals surface area contributed by atoms with Crippen molar-refractivity contribution in [2.45, 2.75) is 13.3 Å². The molecule has 29 heavy (non-hydrogen) atoms. The topological polar surface area (TPSA) is 86.8 Å². The number of carbonyl (C=O) groups excluding carboxylic acids is 1. The number of rotatable bonds is 4. The van der Waals surface area contributed by atoms with Gasteiger partial charge in [-0.25, -0.2) is 4.98 Å². The van der Waals surface area contributed by atoms with Crippen molar-refractivity contribution < 1.29 is 4.79 Å². The molecule has 0 saturated heterocycles. The van der Waals surface area contributed by atoms with Crippen LogP contribution in [0.4, 0.5) is 10.8 Å². The molecule has 0 fully saturated rings. The van der Waals surface area contributed by atoms with Gasteiger partial charge in [-0.15, -0.1) is 11.3 Å². The molecule has 3 heterocycles. The van der Waals surface area contributed by atoms with Crippen LogP contribution in [0, 0.1) is 11.3 Å². The number of aromatic nitrogens is 3. The predicted octanol–water partition coefficient (Wildman–Crippen LogP) is 3.68. The largest absolute Gasteiger partial charge is 0.343 e. The van der Waals surface area contributed by atoms with Crippen LogP contribution in [-0.4, -0.2) is 33.8 Å². The molecule has 0 bridgehead atoms. The summed E-state index contributed by atoms with van der Waals surface area (Å²) in [5, 5.41) is 19.4. The first kappa shape index (κ1) is 18.9. The molecule has 0 saturated carbocycles. The van der Waals surface area contributed by atoms with Crippen LogP contribution in [0.3, 0.4) is 0 Å². The van der Waals surface area contributed by atoms with Crippen molar-refractivity contribution in [3.63, 3.8) is 0 Å². The number of nitrogens with zero attached hydrogens (tertiary/aromatic N) is 5. The van der Waals surface area contributed by atoms with Crippen LogP contribution < -0.4 is 10.2 Å². The highest BCUT2D eigenvalue weighted by atomic mass is 32.1. The number of aryl methyl sites for hydroxylation is 1. The maximum Gasteiger partial charge on any atom is 0.276 e. The third kappa shape index (κ3) is 3.77. The van der Waals surface area contributed by atoms with E-state index in [4.69, 9.17) is 0 Å². The lowest BCUT2D eigenvalue weighted by Gasteiger charge is -2.29. The molecule has 0 atom stereocenters. The van der Waals surface area contributed by atoms with Gasteiger partial charge in [0.15, 0.2) is 10.8 Å². The van der Waals surface area contributed by atoms with Crippen LogP contribution in [-0.2, 0) is 7.05 Å². The number of amides is 1. The maximum absolute atomic E-state index is 12.7. The van der Waals surface area contributed by atoms with Crippen molar-refractivity contribution in [2.75, 3.05) is 23.3 Å². The number of carbonyl (C=O) groups is 1. The Balaban J connectivity index is 1.59. The zero-order valence-electron chi connectivity index (χ0n) is 16.2. The van der Waals surface area contributed by atoms with E-state index in [1.165, 1.54) is 5.57 Å². The predicted molar refractivity (Wildman–Crippen MR) is 114 cm³/mol. The van der Waals surface area contributed by atoms with Crippen molar-refractivity contribution in [3.8, 4) is 6.07 Å². The Morgan fingerprint density at radius 1 is 1.34 bits per heavy atom. The van der Waals surface area contributed by atoms with E-state index >= 15 is 0 Å². The van der Waals surface area contributed by atoms with Crippen LogP contribution >= 0.6 is 11.3 Å². The summed E-state index contributed by atoms with van der Waals surface area (Å²) in [6, 6.07) is 10.8. The lowest BCUT2D eigenvalue weighted by Crippen LogP contribution is -2.31. The molecular formula is C21H20N6OS. The molecule has 1 amide bonds. The fourth-order valence-corrected chi connectivity index (χ4v) is 4.10. The highest BCUT2D eigenvalue weighted by Gasteiger charge is 2.23. The van der Waals surface area contributed by atoms with Crippen LogP contribution in [0.5, 0.6) is 0 Å². The quantitative estimate of drug-likeness (QED) is 0.717. The summed E-state index contributed by atoms with van der Waals surface area (Å²) >= 11 is 1.63. The summed E-state index contributed by atoms with van der Waals surface area (Å²) < 4.78 is 1.75. The lowest BCUT2D eigenvalue weighted by molar-refractivity contribution is 0.102. The summed E-state index contributed by atoms with van der Waals surface area (Å²) in [5.41, 5.74) is 4.60. The zero-order chi connectivity index (χ0) is 20.4. The molecule has 1 aliphatic heterocycles. The highest BCUT2D eigenvalue weighted by Crippen LogP contribution is 2.30. The van der Waals surface area contributed by atoms with Gasteiger partial charge in [0.05, 0.1) is 16.9 Å². The minimum atomic E-state index is -0.333. The van der Waals surface area contributed by atoms with Crippen molar-refractivity contribution in [1.29, 1.82) is 5.26 Å². The first-order valence-corrected chi connectivity index (χ1v) is 10.1. The van der Waals surface area contributed by atoms with Crippen molar-refractivity contribution in [1.82, 2.24) is 14.8 Å². The lowest BCUT2D eigenvalue weighted by atomic mass is 9.99. The number of benzene rings is 1. The Bertz CT molecular complexity index is 1120. The smallest absolute Gasteiger partial charge is 0.276 e. The minimum absolute atomic E-state index is 0.321. The van der Waals surface area contributed by atoms with Gasteiger partial charge in [-0.1, -0.05) is 17.7 Å². The van der Waals surface area contributed by atoms with E-state index < -0.39 is 0 Å². The number of nitrogens with one attached hydrogen (secondary N) is 1. The number of hydrogen-bond donors (Lipinski definition) is 1. The molecule has 0 unspecified atom stereocenters. The third-order valence-corrected chi connectivity index (χ3v) is 5.86. The second-order valence-corrected chi connectivity index (χ2v) is 7.77. The van der Waals surface area contributed by atoms with Gasteiger partial charge < -0.3 is 10.2 Å². The zero-order valence-corrected chi connectivity index (χ0v) is 17.0. The second-order valence-electron chi connectivity index (χ2n) is 6.90. The van der Waals surface area contributed by atoms with Gasteiger partial charge in [-0.2, -0.15) is 10.4 Å². The van der Waals surface area contributed by atoms with Gasteiger partial charge in [0, 0.05) is 31.7 Å². The molecule has 8 heteroatoms. The Morgan fingerprint density at radius 2 is 2.17 bits per heavy atom. The molecule has 4 rings (SSSR count). The molecular weight excluding hydrogens is 384 g/mol. The van der Waals surface area contributed by atoms with Crippen molar-refractivity contribution >= 4 is 33.6 Å². The van der Waals surface area contributed by atoms with Gasteiger partial charge in [0.2, 0.25) is 0 Å². The summed E-state index contributed by atoms with van der Waals surface area (Å²) in [7, 11) is 1.85. The summed E-state index contributed by atoms with van der Waals surface area (Å²) in [4.78, 5) is 19.4. The maximum atomic E-state index is 12.7. The van der Waals surface area contributed by atoms with E-state index in [0.717, 1.165) is 35.9 Å². The van der Waals surface area contributed by atoms with Crippen molar-refractivity contribution in [3.05, 3.63) is 64.4 Å². The first-order chi connectivity index (χ1) is 14.1. The number of nitriles is 1. The van der Waals surface area contributed by atoms with E-state index in [2.05, 4.69) is 33.3 Å². The Kier molecular flexibility index (Phi) is 5.14. The van der Waals surface area contributed by atoms with Crippen LogP contribution in [0.1, 0.15) is 35.1 Å². The average molecular weight is 404 g/mol. The molecule has 1 aromatic carbocycles. The fourth-order valence-electron chi connectivity index (χ4n) is 3.43. The molecule has 7 nitrogen and oxygen atoms in total. The van der Waals surface area contributed by atoms with E-state index in [9.17, 15) is 10.1 Å². The van der Waals surface area contributed by atoms with E-state index in [1.54, 1.807) is 40.3 Å². The molecule has 1 aliphatic rings. The number of para-hydroxylation sites is 1. The van der Waals surface area contributed by atoms with Crippen LogP contribution in [0.15, 0.2) is 47.5 Å². The fraction of sp³-hybridized carbons (Fsp3) is 0.238.